The van der Waals surface area contributed by atoms with Crippen LogP contribution in [0.1, 0.15) is 44.9 Å². The summed E-state index contributed by atoms with van der Waals surface area (Å²) in [6.07, 6.45) is 5.04. The fourth-order valence-electron chi connectivity index (χ4n) is 2.36. The molecule has 1 heterocycles. The SMILES string of the molecule is CCCn1c(C2(N)CCCC2)n[nH]c1=O. The molecule has 0 aromatic carbocycles. The lowest BCUT2D eigenvalue weighted by Crippen LogP contribution is -2.38. The van der Waals surface area contributed by atoms with Crippen LogP contribution in [-0.4, -0.2) is 14.8 Å². The third-order valence-electron chi connectivity index (χ3n) is 3.15. The molecule has 1 aromatic rings. The zero-order valence-electron chi connectivity index (χ0n) is 9.12. The molecule has 15 heavy (non-hydrogen) atoms. The van der Waals surface area contributed by atoms with Crippen LogP contribution in [0.2, 0.25) is 0 Å². The topological polar surface area (TPSA) is 76.7 Å². The molecule has 1 aliphatic carbocycles. The van der Waals surface area contributed by atoms with E-state index in [1.807, 2.05) is 6.92 Å². The Bertz CT molecular complexity index is 386. The van der Waals surface area contributed by atoms with Crippen LogP contribution in [0, 0.1) is 0 Å². The van der Waals surface area contributed by atoms with Gasteiger partial charge >= 0.3 is 5.69 Å². The third kappa shape index (κ3) is 1.71. The van der Waals surface area contributed by atoms with Gasteiger partial charge in [-0.1, -0.05) is 19.8 Å². The van der Waals surface area contributed by atoms with E-state index in [0.29, 0.717) is 6.54 Å². The quantitative estimate of drug-likeness (QED) is 0.771. The van der Waals surface area contributed by atoms with Crippen molar-refractivity contribution in [1.29, 1.82) is 0 Å². The van der Waals surface area contributed by atoms with Gasteiger partial charge in [0.1, 0.15) is 0 Å². The second kappa shape index (κ2) is 3.81. The molecule has 1 fully saturated rings. The highest BCUT2D eigenvalue weighted by Crippen LogP contribution is 2.34. The Balaban J connectivity index is 2.38. The number of nitrogens with zero attached hydrogens (tertiary/aromatic N) is 2. The van der Waals surface area contributed by atoms with Gasteiger partial charge in [0.15, 0.2) is 5.82 Å². The van der Waals surface area contributed by atoms with Crippen molar-refractivity contribution in [3.8, 4) is 0 Å². The average Bonchev–Trinajstić information content (AvgIpc) is 2.77. The Morgan fingerprint density at radius 3 is 2.80 bits per heavy atom. The average molecular weight is 210 g/mol. The van der Waals surface area contributed by atoms with Crippen molar-refractivity contribution in [3.63, 3.8) is 0 Å². The Labute approximate surface area is 88.7 Å². The molecule has 1 aromatic heterocycles. The molecule has 84 valence electrons. The van der Waals surface area contributed by atoms with Gasteiger partial charge in [-0.2, -0.15) is 5.10 Å². The molecule has 0 amide bonds. The summed E-state index contributed by atoms with van der Waals surface area (Å²) in [6, 6.07) is 0. The molecule has 1 aliphatic rings. The molecule has 5 heteroatoms. The first kappa shape index (κ1) is 10.4. The van der Waals surface area contributed by atoms with E-state index in [9.17, 15) is 4.79 Å². The minimum Gasteiger partial charge on any atom is -0.319 e. The molecule has 0 bridgehead atoms. The molecule has 0 saturated heterocycles. The Morgan fingerprint density at radius 1 is 1.53 bits per heavy atom. The maximum Gasteiger partial charge on any atom is 0.343 e. The Kier molecular flexibility index (Phi) is 2.65. The van der Waals surface area contributed by atoms with Crippen LogP contribution in [-0.2, 0) is 12.1 Å². The standard InChI is InChI=1S/C10H18N4O/c1-2-7-14-8(12-13-9(14)15)10(11)5-3-4-6-10/h2-7,11H2,1H3,(H,13,15). The van der Waals surface area contributed by atoms with Gasteiger partial charge in [0.05, 0.1) is 5.54 Å². The van der Waals surface area contributed by atoms with Crippen LogP contribution >= 0.6 is 0 Å². The van der Waals surface area contributed by atoms with Crippen molar-refractivity contribution in [3.05, 3.63) is 16.3 Å². The van der Waals surface area contributed by atoms with Crippen molar-refractivity contribution >= 4 is 0 Å². The fourth-order valence-corrected chi connectivity index (χ4v) is 2.36. The number of aromatic nitrogens is 3. The van der Waals surface area contributed by atoms with Gasteiger partial charge in [-0.3, -0.25) is 4.57 Å². The van der Waals surface area contributed by atoms with Crippen LogP contribution < -0.4 is 11.4 Å². The van der Waals surface area contributed by atoms with E-state index in [-0.39, 0.29) is 11.2 Å². The van der Waals surface area contributed by atoms with Gasteiger partial charge < -0.3 is 5.73 Å². The van der Waals surface area contributed by atoms with E-state index in [1.165, 1.54) is 0 Å². The summed E-state index contributed by atoms with van der Waals surface area (Å²) in [5.41, 5.74) is 5.77. The number of nitrogens with one attached hydrogen (secondary N) is 1. The van der Waals surface area contributed by atoms with Gasteiger partial charge in [-0.05, 0) is 19.3 Å². The Morgan fingerprint density at radius 2 is 2.20 bits per heavy atom. The highest BCUT2D eigenvalue weighted by molar-refractivity contribution is 5.07. The number of hydrogen-bond acceptors (Lipinski definition) is 3. The summed E-state index contributed by atoms with van der Waals surface area (Å²) in [5.74, 6) is 0.742. The lowest BCUT2D eigenvalue weighted by atomic mass is 9.98. The monoisotopic (exact) mass is 210 g/mol. The minimum atomic E-state index is -0.381. The predicted molar refractivity (Wildman–Crippen MR) is 57.5 cm³/mol. The van der Waals surface area contributed by atoms with Crippen molar-refractivity contribution in [1.82, 2.24) is 14.8 Å². The van der Waals surface area contributed by atoms with Crippen molar-refractivity contribution in [2.24, 2.45) is 5.73 Å². The maximum absolute atomic E-state index is 11.5. The molecule has 1 saturated carbocycles. The lowest BCUT2D eigenvalue weighted by Gasteiger charge is -2.22. The first-order chi connectivity index (χ1) is 7.17. The summed E-state index contributed by atoms with van der Waals surface area (Å²) in [4.78, 5) is 11.5. The van der Waals surface area contributed by atoms with Gasteiger partial charge in [-0.25, -0.2) is 9.89 Å². The van der Waals surface area contributed by atoms with Crippen molar-refractivity contribution in [2.75, 3.05) is 0 Å². The largest absolute Gasteiger partial charge is 0.343 e. The zero-order chi connectivity index (χ0) is 10.9. The predicted octanol–water partition coefficient (Wildman–Crippen LogP) is 0.709. The molecule has 0 spiro atoms. The normalized spacial score (nSPS) is 19.6. The molecule has 2 rings (SSSR count). The van der Waals surface area contributed by atoms with Crippen LogP contribution in [0.5, 0.6) is 0 Å². The third-order valence-corrected chi connectivity index (χ3v) is 3.15. The minimum absolute atomic E-state index is 0.136. The molecule has 0 atom stereocenters. The highest BCUT2D eigenvalue weighted by atomic mass is 16.1. The molecular formula is C10H18N4O. The van der Waals surface area contributed by atoms with E-state index in [1.54, 1.807) is 4.57 Å². The lowest BCUT2D eigenvalue weighted by molar-refractivity contribution is 0.403. The molecular weight excluding hydrogens is 192 g/mol. The number of nitrogens with two attached hydrogens (primary N) is 1. The summed E-state index contributed by atoms with van der Waals surface area (Å²) >= 11 is 0. The first-order valence-electron chi connectivity index (χ1n) is 5.62. The van der Waals surface area contributed by atoms with E-state index in [2.05, 4.69) is 10.2 Å². The molecule has 0 radical (unpaired) electrons. The van der Waals surface area contributed by atoms with Gasteiger partial charge in [-0.15, -0.1) is 0 Å². The first-order valence-corrected chi connectivity index (χ1v) is 5.62. The molecule has 0 unspecified atom stereocenters. The van der Waals surface area contributed by atoms with Crippen LogP contribution in [0.25, 0.3) is 0 Å². The summed E-state index contributed by atoms with van der Waals surface area (Å²) in [7, 11) is 0. The second-order valence-electron chi connectivity index (χ2n) is 4.37. The molecule has 0 aliphatic heterocycles. The number of H-pyrrole nitrogens is 1. The molecule has 3 N–H and O–H groups in total. The summed E-state index contributed by atoms with van der Waals surface area (Å²) < 4.78 is 1.69. The van der Waals surface area contributed by atoms with Gasteiger partial charge in [0.2, 0.25) is 0 Å². The van der Waals surface area contributed by atoms with Crippen LogP contribution in [0.15, 0.2) is 4.79 Å². The highest BCUT2D eigenvalue weighted by Gasteiger charge is 2.36. The smallest absolute Gasteiger partial charge is 0.319 e. The van der Waals surface area contributed by atoms with Crippen LogP contribution in [0.3, 0.4) is 0 Å². The van der Waals surface area contributed by atoms with Gasteiger partial charge in [0.25, 0.3) is 0 Å². The number of aromatic amines is 1. The van der Waals surface area contributed by atoms with Crippen molar-refractivity contribution < 1.29 is 0 Å². The summed E-state index contributed by atoms with van der Waals surface area (Å²) in [6.45, 7) is 2.74. The van der Waals surface area contributed by atoms with E-state index < -0.39 is 0 Å². The number of hydrogen-bond donors (Lipinski definition) is 2. The van der Waals surface area contributed by atoms with Crippen LogP contribution in [0.4, 0.5) is 0 Å². The van der Waals surface area contributed by atoms with E-state index >= 15 is 0 Å². The van der Waals surface area contributed by atoms with Gasteiger partial charge in [0, 0.05) is 6.54 Å². The fraction of sp³-hybridized carbons (Fsp3) is 0.800. The summed E-state index contributed by atoms with van der Waals surface area (Å²) in [5, 5.41) is 6.59. The Hall–Kier alpha value is -1.10. The van der Waals surface area contributed by atoms with E-state index in [0.717, 1.165) is 37.9 Å². The second-order valence-corrected chi connectivity index (χ2v) is 4.37. The van der Waals surface area contributed by atoms with E-state index in [4.69, 9.17) is 5.73 Å². The number of rotatable bonds is 3. The zero-order valence-corrected chi connectivity index (χ0v) is 9.12. The van der Waals surface area contributed by atoms with Crippen molar-refractivity contribution in [2.45, 2.75) is 51.1 Å². The maximum atomic E-state index is 11.5. The molecule has 5 nitrogen and oxygen atoms in total.